The van der Waals surface area contributed by atoms with Crippen molar-refractivity contribution in [1.82, 2.24) is 0 Å². The van der Waals surface area contributed by atoms with E-state index in [0.29, 0.717) is 22.2 Å². The number of rotatable bonds is 6. The minimum atomic E-state index is -0.150. The van der Waals surface area contributed by atoms with Gasteiger partial charge in [-0.3, -0.25) is 4.79 Å². The van der Waals surface area contributed by atoms with Crippen LogP contribution in [0.5, 0.6) is 11.5 Å². The van der Waals surface area contributed by atoms with Crippen LogP contribution in [0.4, 0.5) is 11.4 Å². The second-order valence-corrected chi connectivity index (χ2v) is 5.76. The number of carbonyl (C=O) groups excluding carboxylic acids is 1. The molecule has 2 N–H and O–H groups in total. The molecule has 0 aliphatic carbocycles. The molecule has 2 rings (SSSR count). The summed E-state index contributed by atoms with van der Waals surface area (Å²) in [6.45, 7) is 4.02. The second kappa shape index (κ2) is 7.93. The van der Waals surface area contributed by atoms with Crippen molar-refractivity contribution in [2.45, 2.75) is 13.8 Å². The maximum atomic E-state index is 12.2. The van der Waals surface area contributed by atoms with Crippen molar-refractivity contribution in [2.24, 2.45) is 0 Å². The number of anilines is 2. The predicted molar refractivity (Wildman–Crippen MR) is 97.6 cm³/mol. The number of ether oxygens (including phenoxy) is 2. The number of para-hydroxylation sites is 1. The Bertz CT molecular complexity index is 727. The molecule has 0 atom stereocenters. The number of benzene rings is 2. The summed E-state index contributed by atoms with van der Waals surface area (Å²) in [4.78, 5) is 12.2. The van der Waals surface area contributed by atoms with Gasteiger partial charge in [-0.05, 0) is 25.0 Å². The van der Waals surface area contributed by atoms with Gasteiger partial charge in [0.1, 0.15) is 11.5 Å². The van der Waals surface area contributed by atoms with Gasteiger partial charge in [-0.2, -0.15) is 0 Å². The third-order valence-electron chi connectivity index (χ3n) is 3.66. The van der Waals surface area contributed by atoms with Gasteiger partial charge in [0, 0.05) is 17.8 Å². The molecule has 24 heavy (non-hydrogen) atoms. The van der Waals surface area contributed by atoms with Crippen LogP contribution in [-0.4, -0.2) is 26.7 Å². The van der Waals surface area contributed by atoms with E-state index < -0.39 is 0 Å². The zero-order valence-electron chi connectivity index (χ0n) is 14.2. The van der Waals surface area contributed by atoms with Crippen LogP contribution < -0.4 is 20.1 Å². The van der Waals surface area contributed by atoms with Gasteiger partial charge >= 0.3 is 0 Å². The highest BCUT2D eigenvalue weighted by Crippen LogP contribution is 2.35. The van der Waals surface area contributed by atoms with E-state index in [1.165, 1.54) is 7.11 Å². The SMILES string of the molecule is COc1cc(NCC(=O)Nc2c(C)cccc2C)c(OC)cc1Cl. The highest BCUT2D eigenvalue weighted by Gasteiger charge is 2.12. The normalized spacial score (nSPS) is 10.2. The molecule has 6 heteroatoms. The summed E-state index contributed by atoms with van der Waals surface area (Å²) in [7, 11) is 3.07. The monoisotopic (exact) mass is 348 g/mol. The van der Waals surface area contributed by atoms with Crippen molar-refractivity contribution in [3.8, 4) is 11.5 Å². The van der Waals surface area contributed by atoms with Crippen LogP contribution in [0.25, 0.3) is 0 Å². The summed E-state index contributed by atoms with van der Waals surface area (Å²) >= 11 is 6.07. The van der Waals surface area contributed by atoms with E-state index in [2.05, 4.69) is 10.6 Å². The van der Waals surface area contributed by atoms with E-state index in [1.54, 1.807) is 19.2 Å². The Kier molecular flexibility index (Phi) is 5.93. The molecular formula is C18H21ClN2O3. The summed E-state index contributed by atoms with van der Waals surface area (Å²) in [6, 6.07) is 9.23. The molecule has 0 saturated carbocycles. The highest BCUT2D eigenvalue weighted by molar-refractivity contribution is 6.32. The molecule has 0 aliphatic rings. The first kappa shape index (κ1) is 17.9. The summed E-state index contributed by atoms with van der Waals surface area (Å²) in [5, 5.41) is 6.42. The van der Waals surface area contributed by atoms with Crippen molar-refractivity contribution in [1.29, 1.82) is 0 Å². The molecule has 0 unspecified atom stereocenters. The minimum Gasteiger partial charge on any atom is -0.495 e. The van der Waals surface area contributed by atoms with Crippen molar-refractivity contribution in [2.75, 3.05) is 31.4 Å². The third kappa shape index (κ3) is 4.11. The van der Waals surface area contributed by atoms with Crippen LogP contribution in [-0.2, 0) is 4.79 Å². The number of methoxy groups -OCH3 is 2. The zero-order valence-corrected chi connectivity index (χ0v) is 15.0. The molecule has 0 fully saturated rings. The molecule has 0 radical (unpaired) electrons. The van der Waals surface area contributed by atoms with E-state index in [1.807, 2.05) is 32.0 Å². The Morgan fingerprint density at radius 1 is 1.08 bits per heavy atom. The molecule has 2 aromatic carbocycles. The van der Waals surface area contributed by atoms with Crippen molar-refractivity contribution in [3.05, 3.63) is 46.5 Å². The molecule has 1 amide bonds. The Hall–Kier alpha value is -2.40. The minimum absolute atomic E-state index is 0.0922. The molecule has 128 valence electrons. The van der Waals surface area contributed by atoms with Gasteiger partial charge in [-0.25, -0.2) is 0 Å². The summed E-state index contributed by atoms with van der Waals surface area (Å²) in [6.07, 6.45) is 0. The maximum Gasteiger partial charge on any atom is 0.243 e. The lowest BCUT2D eigenvalue weighted by molar-refractivity contribution is -0.114. The predicted octanol–water partition coefficient (Wildman–Crippen LogP) is 4.02. The van der Waals surface area contributed by atoms with Gasteiger partial charge in [0.05, 0.1) is 31.5 Å². The fraction of sp³-hybridized carbons (Fsp3) is 0.278. The van der Waals surface area contributed by atoms with Crippen molar-refractivity contribution >= 4 is 28.9 Å². The van der Waals surface area contributed by atoms with Gasteiger partial charge in [-0.15, -0.1) is 0 Å². The van der Waals surface area contributed by atoms with Crippen LogP contribution in [0, 0.1) is 13.8 Å². The lowest BCUT2D eigenvalue weighted by atomic mass is 10.1. The van der Waals surface area contributed by atoms with E-state index in [0.717, 1.165) is 16.8 Å². The Labute approximate surface area is 146 Å². The number of hydrogen-bond donors (Lipinski definition) is 2. The Morgan fingerprint density at radius 3 is 2.29 bits per heavy atom. The Balaban J connectivity index is 2.09. The van der Waals surface area contributed by atoms with E-state index >= 15 is 0 Å². The third-order valence-corrected chi connectivity index (χ3v) is 3.95. The molecule has 0 aliphatic heterocycles. The number of halogens is 1. The number of carbonyl (C=O) groups is 1. The van der Waals surface area contributed by atoms with Gasteiger partial charge < -0.3 is 20.1 Å². The first-order valence-corrected chi connectivity index (χ1v) is 7.85. The zero-order chi connectivity index (χ0) is 17.7. The molecule has 0 saturated heterocycles. The molecule has 0 aromatic heterocycles. The number of amides is 1. The standard InChI is InChI=1S/C18H21ClN2O3/c1-11-6-5-7-12(2)18(11)21-17(22)10-20-14-9-15(23-3)13(19)8-16(14)24-4/h5-9,20H,10H2,1-4H3,(H,21,22). The molecule has 0 spiro atoms. The highest BCUT2D eigenvalue weighted by atomic mass is 35.5. The van der Waals surface area contributed by atoms with Crippen molar-refractivity contribution < 1.29 is 14.3 Å². The van der Waals surface area contributed by atoms with Crippen molar-refractivity contribution in [3.63, 3.8) is 0 Å². The number of aryl methyl sites for hydroxylation is 2. The lowest BCUT2D eigenvalue weighted by Crippen LogP contribution is -2.23. The van der Waals surface area contributed by atoms with Crippen LogP contribution >= 0.6 is 11.6 Å². The van der Waals surface area contributed by atoms with Crippen LogP contribution in [0.3, 0.4) is 0 Å². The quantitative estimate of drug-likeness (QED) is 0.827. The summed E-state index contributed by atoms with van der Waals surface area (Å²) in [5.74, 6) is 0.902. The fourth-order valence-electron chi connectivity index (χ4n) is 2.37. The second-order valence-electron chi connectivity index (χ2n) is 5.36. The molecule has 5 nitrogen and oxygen atoms in total. The van der Waals surface area contributed by atoms with E-state index in [-0.39, 0.29) is 12.5 Å². The lowest BCUT2D eigenvalue weighted by Gasteiger charge is -2.15. The maximum absolute atomic E-state index is 12.2. The average molecular weight is 349 g/mol. The van der Waals surface area contributed by atoms with E-state index in [4.69, 9.17) is 21.1 Å². The van der Waals surface area contributed by atoms with E-state index in [9.17, 15) is 4.79 Å². The number of nitrogens with one attached hydrogen (secondary N) is 2. The Morgan fingerprint density at radius 2 is 1.71 bits per heavy atom. The van der Waals surface area contributed by atoms with Crippen LogP contribution in [0.2, 0.25) is 5.02 Å². The average Bonchev–Trinajstić information content (AvgIpc) is 2.56. The molecule has 2 aromatic rings. The van der Waals surface area contributed by atoms with Gasteiger partial charge in [0.25, 0.3) is 0 Å². The first-order valence-electron chi connectivity index (χ1n) is 7.47. The number of hydrogen-bond acceptors (Lipinski definition) is 4. The van der Waals surface area contributed by atoms with Crippen LogP contribution in [0.15, 0.2) is 30.3 Å². The largest absolute Gasteiger partial charge is 0.495 e. The van der Waals surface area contributed by atoms with Gasteiger partial charge in [-0.1, -0.05) is 29.8 Å². The van der Waals surface area contributed by atoms with Gasteiger partial charge in [0.15, 0.2) is 0 Å². The smallest absolute Gasteiger partial charge is 0.243 e. The first-order chi connectivity index (χ1) is 11.5. The molecule has 0 bridgehead atoms. The summed E-state index contributed by atoms with van der Waals surface area (Å²) in [5.41, 5.74) is 3.52. The molecular weight excluding hydrogens is 328 g/mol. The summed E-state index contributed by atoms with van der Waals surface area (Å²) < 4.78 is 10.5. The van der Waals surface area contributed by atoms with Gasteiger partial charge in [0.2, 0.25) is 5.91 Å². The molecule has 0 heterocycles. The fourth-order valence-corrected chi connectivity index (χ4v) is 2.60. The topological polar surface area (TPSA) is 59.6 Å². The van der Waals surface area contributed by atoms with Crippen LogP contribution in [0.1, 0.15) is 11.1 Å².